The molecule has 0 spiro atoms. The Bertz CT molecular complexity index is 1510. The fraction of sp³-hybridized carbons (Fsp3) is 0.130. The monoisotopic (exact) mass is 521 g/mol. The minimum Gasteiger partial charge on any atom is -0.453 e. The minimum atomic E-state index is -4.67. The topological polar surface area (TPSA) is 90.3 Å². The first-order valence-electron chi connectivity index (χ1n) is 9.99. The lowest BCUT2D eigenvalue weighted by Crippen LogP contribution is -2.11. The highest BCUT2D eigenvalue weighted by Crippen LogP contribution is 2.39. The predicted molar refractivity (Wildman–Crippen MR) is 126 cm³/mol. The van der Waals surface area contributed by atoms with Gasteiger partial charge >= 0.3 is 12.3 Å². The van der Waals surface area contributed by atoms with E-state index >= 15 is 0 Å². The van der Waals surface area contributed by atoms with Gasteiger partial charge in [-0.05, 0) is 54.1 Å². The van der Waals surface area contributed by atoms with E-state index in [0.717, 1.165) is 17.0 Å². The van der Waals surface area contributed by atoms with E-state index in [9.17, 15) is 26.4 Å². The van der Waals surface area contributed by atoms with Gasteiger partial charge in [-0.1, -0.05) is 18.2 Å². The maximum absolute atomic E-state index is 13.5. The van der Waals surface area contributed by atoms with E-state index in [1.54, 1.807) is 42.5 Å². The molecule has 182 valence electrons. The second-order valence-electron chi connectivity index (χ2n) is 7.46. The molecule has 1 N–H and O–H groups in total. The van der Waals surface area contributed by atoms with Gasteiger partial charge in [0.1, 0.15) is 0 Å². The van der Waals surface area contributed by atoms with Crippen molar-refractivity contribution in [2.24, 2.45) is 0 Å². The number of sulfone groups is 1. The first kappa shape index (κ1) is 24.5. The van der Waals surface area contributed by atoms with Crippen LogP contribution >= 0.6 is 11.3 Å². The van der Waals surface area contributed by atoms with Crippen LogP contribution in [-0.4, -0.2) is 37.7 Å². The molecule has 0 aliphatic rings. The molecule has 2 aromatic carbocycles. The number of aromatic nitrogens is 2. The summed E-state index contributed by atoms with van der Waals surface area (Å²) in [4.78, 5) is 12.8. The van der Waals surface area contributed by atoms with Gasteiger partial charge in [-0.3, -0.25) is 5.32 Å². The Balaban J connectivity index is 1.79. The normalized spacial score (nSPS) is 11.9. The zero-order valence-electron chi connectivity index (χ0n) is 18.3. The summed E-state index contributed by atoms with van der Waals surface area (Å²) in [7, 11) is -2.23. The van der Waals surface area contributed by atoms with E-state index in [1.165, 1.54) is 36.6 Å². The number of thiophene rings is 1. The van der Waals surface area contributed by atoms with Crippen molar-refractivity contribution in [1.82, 2.24) is 9.78 Å². The lowest BCUT2D eigenvalue weighted by Gasteiger charge is -2.09. The lowest BCUT2D eigenvalue weighted by atomic mass is 10.2. The van der Waals surface area contributed by atoms with E-state index in [2.05, 4.69) is 15.2 Å². The standard InChI is InChI=1S/C23H18F3N3O4S2/c1-33-22(30)27-15-6-4-7-16(12-15)29-18(13-21(28-29)23(24,25)26)20-10-9-19(34-20)14-5-3-8-17(11-14)35(2,31)32/h3-13H,1-2H3,(H,27,30). The maximum Gasteiger partial charge on any atom is 0.435 e. The number of halogens is 3. The van der Waals surface area contributed by atoms with Gasteiger partial charge in [0.05, 0.1) is 28.3 Å². The molecule has 0 fully saturated rings. The smallest absolute Gasteiger partial charge is 0.435 e. The molecule has 0 aliphatic carbocycles. The zero-order chi connectivity index (χ0) is 25.4. The average Bonchev–Trinajstić information content (AvgIpc) is 3.46. The highest BCUT2D eigenvalue weighted by molar-refractivity contribution is 7.90. The van der Waals surface area contributed by atoms with Crippen molar-refractivity contribution in [3.63, 3.8) is 0 Å². The van der Waals surface area contributed by atoms with Crippen LogP contribution in [0, 0.1) is 0 Å². The first-order chi connectivity index (χ1) is 16.5. The summed E-state index contributed by atoms with van der Waals surface area (Å²) in [6.07, 6.45) is -4.30. The molecule has 0 bridgehead atoms. The molecule has 35 heavy (non-hydrogen) atoms. The van der Waals surface area contributed by atoms with Crippen molar-refractivity contribution in [3.8, 4) is 26.7 Å². The Morgan fingerprint density at radius 3 is 2.43 bits per heavy atom. The Morgan fingerprint density at radius 2 is 1.74 bits per heavy atom. The molecule has 2 aromatic heterocycles. The van der Waals surface area contributed by atoms with Crippen LogP contribution in [-0.2, 0) is 20.8 Å². The molecule has 0 aliphatic heterocycles. The summed E-state index contributed by atoms with van der Waals surface area (Å²) in [5.74, 6) is 0. The number of rotatable bonds is 5. The Hall–Kier alpha value is -3.64. The number of alkyl halides is 3. The number of nitrogens with one attached hydrogen (secondary N) is 1. The number of carbonyl (C=O) groups is 1. The number of carbonyl (C=O) groups excluding carboxylic acids is 1. The molecule has 0 unspecified atom stereocenters. The van der Waals surface area contributed by atoms with Crippen LogP contribution < -0.4 is 5.32 Å². The van der Waals surface area contributed by atoms with Crippen molar-refractivity contribution in [2.75, 3.05) is 18.7 Å². The number of ether oxygens (including phenoxy) is 1. The predicted octanol–water partition coefficient (Wildman–Crippen LogP) is 5.87. The van der Waals surface area contributed by atoms with Crippen LogP contribution in [0.2, 0.25) is 0 Å². The highest BCUT2D eigenvalue weighted by Gasteiger charge is 2.35. The number of anilines is 1. The third-order valence-electron chi connectivity index (χ3n) is 4.93. The van der Waals surface area contributed by atoms with Gasteiger partial charge in [0.15, 0.2) is 15.5 Å². The van der Waals surface area contributed by atoms with Gasteiger partial charge in [0, 0.05) is 16.8 Å². The second kappa shape index (κ2) is 9.19. The van der Waals surface area contributed by atoms with E-state index in [0.29, 0.717) is 26.7 Å². The molecule has 0 radical (unpaired) electrons. The molecule has 0 atom stereocenters. The van der Waals surface area contributed by atoms with Crippen molar-refractivity contribution < 1.29 is 31.1 Å². The van der Waals surface area contributed by atoms with Crippen LogP contribution in [0.5, 0.6) is 0 Å². The quantitative estimate of drug-likeness (QED) is 0.355. The fourth-order valence-electron chi connectivity index (χ4n) is 3.29. The van der Waals surface area contributed by atoms with Crippen molar-refractivity contribution in [2.45, 2.75) is 11.1 Å². The Kier molecular flexibility index (Phi) is 6.43. The molecule has 0 saturated carbocycles. The number of amides is 1. The van der Waals surface area contributed by atoms with Gasteiger partial charge in [-0.15, -0.1) is 11.3 Å². The summed E-state index contributed by atoms with van der Waals surface area (Å²) in [6, 6.07) is 16.8. The van der Waals surface area contributed by atoms with Crippen molar-refractivity contribution >= 4 is 33.0 Å². The van der Waals surface area contributed by atoms with E-state index < -0.39 is 27.8 Å². The molecule has 2 heterocycles. The third-order valence-corrected chi connectivity index (χ3v) is 7.19. The Labute approximate surface area is 202 Å². The molecule has 7 nitrogen and oxygen atoms in total. The van der Waals surface area contributed by atoms with Gasteiger partial charge < -0.3 is 4.74 Å². The number of methoxy groups -OCH3 is 1. The summed E-state index contributed by atoms with van der Waals surface area (Å²) in [6.45, 7) is 0. The summed E-state index contributed by atoms with van der Waals surface area (Å²) in [5.41, 5.74) is 0.332. The van der Waals surface area contributed by atoms with E-state index in [-0.39, 0.29) is 10.6 Å². The summed E-state index contributed by atoms with van der Waals surface area (Å²) in [5, 5.41) is 6.24. The van der Waals surface area contributed by atoms with E-state index in [1.807, 2.05) is 0 Å². The second-order valence-corrected chi connectivity index (χ2v) is 10.6. The molecular formula is C23H18F3N3O4S2. The maximum atomic E-state index is 13.5. The SMILES string of the molecule is COC(=O)Nc1cccc(-n2nc(C(F)(F)F)cc2-c2ccc(-c3cccc(S(C)(=O)=O)c3)s2)c1. The molecule has 0 saturated heterocycles. The summed E-state index contributed by atoms with van der Waals surface area (Å²) < 4.78 is 70.1. The van der Waals surface area contributed by atoms with Gasteiger partial charge in [-0.25, -0.2) is 17.9 Å². The van der Waals surface area contributed by atoms with Crippen LogP contribution in [0.15, 0.2) is 71.6 Å². The number of hydrogen-bond donors (Lipinski definition) is 1. The number of benzene rings is 2. The van der Waals surface area contributed by atoms with Gasteiger partial charge in [-0.2, -0.15) is 18.3 Å². The van der Waals surface area contributed by atoms with Crippen molar-refractivity contribution in [1.29, 1.82) is 0 Å². The zero-order valence-corrected chi connectivity index (χ0v) is 20.0. The van der Waals surface area contributed by atoms with Gasteiger partial charge in [0.2, 0.25) is 0 Å². The molecule has 12 heteroatoms. The Morgan fingerprint density at radius 1 is 1.03 bits per heavy atom. The van der Waals surface area contributed by atoms with Crippen LogP contribution in [0.1, 0.15) is 5.69 Å². The molecule has 1 amide bonds. The van der Waals surface area contributed by atoms with Crippen LogP contribution in [0.4, 0.5) is 23.7 Å². The summed E-state index contributed by atoms with van der Waals surface area (Å²) >= 11 is 1.20. The minimum absolute atomic E-state index is 0.143. The van der Waals surface area contributed by atoms with Crippen molar-refractivity contribution in [3.05, 3.63) is 72.4 Å². The number of hydrogen-bond acceptors (Lipinski definition) is 6. The molecule has 4 rings (SSSR count). The average molecular weight is 522 g/mol. The largest absolute Gasteiger partial charge is 0.453 e. The molecular weight excluding hydrogens is 503 g/mol. The third kappa shape index (κ3) is 5.38. The first-order valence-corrected chi connectivity index (χ1v) is 12.7. The van der Waals surface area contributed by atoms with Crippen LogP contribution in [0.25, 0.3) is 26.7 Å². The van der Waals surface area contributed by atoms with E-state index in [4.69, 9.17) is 0 Å². The highest BCUT2D eigenvalue weighted by atomic mass is 32.2. The fourth-order valence-corrected chi connectivity index (χ4v) is 4.96. The van der Waals surface area contributed by atoms with Gasteiger partial charge in [0.25, 0.3) is 0 Å². The van der Waals surface area contributed by atoms with Crippen LogP contribution in [0.3, 0.4) is 0 Å². The lowest BCUT2D eigenvalue weighted by molar-refractivity contribution is -0.141. The number of nitrogens with zero attached hydrogens (tertiary/aromatic N) is 2. The molecule has 4 aromatic rings.